The Balaban J connectivity index is 1.84. The monoisotopic (exact) mass is 409 g/mol. The maximum absolute atomic E-state index is 12.4. The summed E-state index contributed by atoms with van der Waals surface area (Å²) in [5, 5.41) is 0. The van der Waals surface area contributed by atoms with Gasteiger partial charge in [0.15, 0.2) is 11.4 Å². The van der Waals surface area contributed by atoms with Crippen molar-refractivity contribution < 1.29 is 22.8 Å². The number of piperazine rings is 1. The zero-order valence-corrected chi connectivity index (χ0v) is 16.2. The number of aromatic amines is 1. The van der Waals surface area contributed by atoms with Gasteiger partial charge in [-0.3, -0.25) is 9.59 Å². The molecule has 0 bridgehead atoms. The fraction of sp³-hybridized carbons (Fsp3) is 0.474. The summed E-state index contributed by atoms with van der Waals surface area (Å²) in [4.78, 5) is 39.5. The van der Waals surface area contributed by atoms with Crippen LogP contribution in [0.5, 0.6) is 0 Å². The molecular formula is C19H22F3N5O2. The minimum absolute atomic E-state index is 0.0957. The predicted molar refractivity (Wildman–Crippen MR) is 102 cm³/mol. The van der Waals surface area contributed by atoms with Gasteiger partial charge in [-0.2, -0.15) is 13.2 Å². The van der Waals surface area contributed by atoms with E-state index < -0.39 is 30.3 Å². The second kappa shape index (κ2) is 7.49. The van der Waals surface area contributed by atoms with Crippen molar-refractivity contribution in [2.75, 3.05) is 24.5 Å². The van der Waals surface area contributed by atoms with Crippen LogP contribution in [0, 0.1) is 0 Å². The van der Waals surface area contributed by atoms with Crippen LogP contribution >= 0.6 is 0 Å². The van der Waals surface area contributed by atoms with Gasteiger partial charge in [0.25, 0.3) is 0 Å². The number of carbonyl (C=O) groups excluding carboxylic acids is 2. The number of fused-ring (bicyclic) bond motifs is 1. The first-order valence-electron chi connectivity index (χ1n) is 9.15. The van der Waals surface area contributed by atoms with Gasteiger partial charge in [0.1, 0.15) is 11.3 Å². The quantitative estimate of drug-likeness (QED) is 0.606. The van der Waals surface area contributed by atoms with Gasteiger partial charge in [-0.1, -0.05) is 6.58 Å². The third-order valence-corrected chi connectivity index (χ3v) is 4.97. The highest BCUT2D eigenvalue weighted by Gasteiger charge is 2.36. The number of H-pyrrole nitrogens is 1. The second-order valence-corrected chi connectivity index (χ2v) is 7.59. The van der Waals surface area contributed by atoms with Crippen molar-refractivity contribution in [2.45, 2.75) is 38.4 Å². The lowest BCUT2D eigenvalue weighted by atomic mass is 9.98. The first-order valence-corrected chi connectivity index (χ1v) is 9.15. The first kappa shape index (κ1) is 20.8. The molecule has 1 fully saturated rings. The number of Topliss-reactive ketones (excluding diaryl/α,β-unsaturated/α-hetero) is 1. The molecule has 1 aliphatic heterocycles. The fourth-order valence-corrected chi connectivity index (χ4v) is 3.51. The van der Waals surface area contributed by atoms with E-state index in [1.807, 2.05) is 18.7 Å². The molecule has 3 heterocycles. The normalized spacial score (nSPS) is 16.9. The number of hydrogen-bond acceptors (Lipinski definition) is 5. The molecule has 0 saturated carbocycles. The topological polar surface area (TPSA) is 82.2 Å². The minimum atomic E-state index is -4.40. The Morgan fingerprint density at radius 1 is 1.34 bits per heavy atom. The number of hydrogen-bond donors (Lipinski definition) is 1. The third-order valence-electron chi connectivity index (χ3n) is 4.97. The number of aromatic nitrogens is 3. The van der Waals surface area contributed by atoms with Gasteiger partial charge in [-0.05, 0) is 19.9 Å². The largest absolute Gasteiger partial charge is 0.389 e. The molecule has 156 valence electrons. The van der Waals surface area contributed by atoms with E-state index in [-0.39, 0.29) is 17.0 Å². The van der Waals surface area contributed by atoms with Crippen molar-refractivity contribution >= 4 is 28.7 Å². The molecule has 3 rings (SSSR count). The summed E-state index contributed by atoms with van der Waals surface area (Å²) in [7, 11) is 0. The predicted octanol–water partition coefficient (Wildman–Crippen LogP) is 3.10. The van der Waals surface area contributed by atoms with E-state index in [0.29, 0.717) is 31.1 Å². The van der Waals surface area contributed by atoms with Crippen LogP contribution < -0.4 is 4.90 Å². The summed E-state index contributed by atoms with van der Waals surface area (Å²) >= 11 is 0. The number of alkyl halides is 3. The summed E-state index contributed by atoms with van der Waals surface area (Å²) in [6.45, 7) is 8.83. The molecule has 1 amide bonds. The summed E-state index contributed by atoms with van der Waals surface area (Å²) in [5.74, 6) is -0.290. The van der Waals surface area contributed by atoms with Crippen LogP contribution in [0.3, 0.4) is 0 Å². The van der Waals surface area contributed by atoms with E-state index >= 15 is 0 Å². The first-order chi connectivity index (χ1) is 13.5. The number of halogens is 3. The highest BCUT2D eigenvalue weighted by molar-refractivity contribution is 6.05. The summed E-state index contributed by atoms with van der Waals surface area (Å²) in [6.07, 6.45) is -2.05. The Labute approximate surface area is 165 Å². The van der Waals surface area contributed by atoms with Crippen LogP contribution in [-0.2, 0) is 4.79 Å². The van der Waals surface area contributed by atoms with E-state index in [9.17, 15) is 22.8 Å². The van der Waals surface area contributed by atoms with E-state index in [1.54, 1.807) is 11.1 Å². The molecule has 0 unspecified atom stereocenters. The van der Waals surface area contributed by atoms with Gasteiger partial charge >= 0.3 is 6.18 Å². The molecular weight excluding hydrogens is 387 g/mol. The van der Waals surface area contributed by atoms with Crippen LogP contribution in [0.25, 0.3) is 11.2 Å². The Bertz CT molecular complexity index is 951. The highest BCUT2D eigenvalue weighted by atomic mass is 19.4. The lowest BCUT2D eigenvalue weighted by molar-refractivity contribution is -0.134. The van der Waals surface area contributed by atoms with Crippen LogP contribution in [0.15, 0.2) is 25.0 Å². The standard InChI is InChI=1S/C19H22F3N5O2/c1-4-15(29)27-8-7-26(11-18(27,2)3)14-10-24-17-16(25-14)12(9-23-17)13(28)5-6-19(20,21)22/h4,9-10H,1,5-8,11H2,2-3H3,(H,23,24). The van der Waals surface area contributed by atoms with Gasteiger partial charge in [-0.25, -0.2) is 9.97 Å². The Hall–Kier alpha value is -2.91. The van der Waals surface area contributed by atoms with E-state index in [2.05, 4.69) is 21.5 Å². The van der Waals surface area contributed by atoms with Gasteiger partial charge in [0.2, 0.25) is 5.91 Å². The molecule has 1 N–H and O–H groups in total. The lowest BCUT2D eigenvalue weighted by Gasteiger charge is -2.47. The van der Waals surface area contributed by atoms with Crippen molar-refractivity contribution in [1.82, 2.24) is 19.9 Å². The number of nitrogens with one attached hydrogen (secondary N) is 1. The number of amides is 1. The van der Waals surface area contributed by atoms with E-state index in [1.165, 1.54) is 12.3 Å². The number of carbonyl (C=O) groups is 2. The number of anilines is 1. The average Bonchev–Trinajstić information content (AvgIpc) is 3.07. The summed E-state index contributed by atoms with van der Waals surface area (Å²) in [6, 6.07) is 0. The molecule has 1 aliphatic rings. The van der Waals surface area contributed by atoms with Crippen molar-refractivity contribution in [3.8, 4) is 0 Å². The Morgan fingerprint density at radius 2 is 2.07 bits per heavy atom. The molecule has 2 aromatic rings. The SMILES string of the molecule is C=CC(=O)N1CCN(c2cnc3[nH]cc(C(=O)CCC(F)(F)F)c3n2)CC1(C)C. The Morgan fingerprint density at radius 3 is 2.69 bits per heavy atom. The summed E-state index contributed by atoms with van der Waals surface area (Å²) in [5.41, 5.74) is 0.197. The van der Waals surface area contributed by atoms with Crippen LogP contribution in [0.2, 0.25) is 0 Å². The summed E-state index contributed by atoms with van der Waals surface area (Å²) < 4.78 is 37.3. The lowest BCUT2D eigenvalue weighted by Crippen LogP contribution is -2.61. The van der Waals surface area contributed by atoms with Gasteiger partial charge < -0.3 is 14.8 Å². The number of rotatable bonds is 5. The molecule has 7 nitrogen and oxygen atoms in total. The van der Waals surface area contributed by atoms with Gasteiger partial charge in [0.05, 0.1) is 23.7 Å². The molecule has 0 spiro atoms. The maximum atomic E-state index is 12.4. The maximum Gasteiger partial charge on any atom is 0.389 e. The average molecular weight is 409 g/mol. The van der Waals surface area contributed by atoms with Crippen molar-refractivity contribution in [3.63, 3.8) is 0 Å². The molecule has 0 atom stereocenters. The smallest absolute Gasteiger partial charge is 0.351 e. The van der Waals surface area contributed by atoms with Crippen LogP contribution in [0.1, 0.15) is 37.0 Å². The Kier molecular flexibility index (Phi) is 5.38. The van der Waals surface area contributed by atoms with Crippen molar-refractivity contribution in [3.05, 3.63) is 30.6 Å². The zero-order valence-electron chi connectivity index (χ0n) is 16.2. The van der Waals surface area contributed by atoms with Gasteiger partial charge in [0, 0.05) is 32.3 Å². The fourth-order valence-electron chi connectivity index (χ4n) is 3.51. The molecule has 0 radical (unpaired) electrons. The molecule has 29 heavy (non-hydrogen) atoms. The van der Waals surface area contributed by atoms with Gasteiger partial charge in [-0.15, -0.1) is 0 Å². The zero-order chi connectivity index (χ0) is 21.4. The third kappa shape index (κ3) is 4.41. The highest BCUT2D eigenvalue weighted by Crippen LogP contribution is 2.27. The molecule has 0 aliphatic carbocycles. The van der Waals surface area contributed by atoms with Crippen LogP contribution in [0.4, 0.5) is 19.0 Å². The van der Waals surface area contributed by atoms with E-state index in [0.717, 1.165) is 0 Å². The van der Waals surface area contributed by atoms with E-state index in [4.69, 9.17) is 0 Å². The molecule has 10 heteroatoms. The molecule has 0 aromatic carbocycles. The van der Waals surface area contributed by atoms with Crippen molar-refractivity contribution in [2.24, 2.45) is 0 Å². The number of ketones is 1. The minimum Gasteiger partial charge on any atom is -0.351 e. The van der Waals surface area contributed by atoms with Crippen molar-refractivity contribution in [1.29, 1.82) is 0 Å². The number of nitrogens with zero attached hydrogens (tertiary/aromatic N) is 4. The van der Waals surface area contributed by atoms with Crippen LogP contribution in [-0.4, -0.2) is 62.9 Å². The molecule has 1 saturated heterocycles. The second-order valence-electron chi connectivity index (χ2n) is 7.59. The molecule has 2 aromatic heterocycles.